The molecule has 0 atom stereocenters. The van der Waals surface area contributed by atoms with E-state index in [0.717, 1.165) is 11.1 Å². The first-order chi connectivity index (χ1) is 9.63. The summed E-state index contributed by atoms with van der Waals surface area (Å²) in [6.45, 7) is 0.459. The van der Waals surface area contributed by atoms with Gasteiger partial charge in [-0.3, -0.25) is 4.79 Å². The lowest BCUT2D eigenvalue weighted by molar-refractivity contribution is -0.120. The van der Waals surface area contributed by atoms with Gasteiger partial charge in [-0.05, 0) is 41.8 Å². The molecule has 0 aliphatic heterocycles. The minimum atomic E-state index is -0.270. The number of nitrogens with one attached hydrogen (secondary N) is 1. The summed E-state index contributed by atoms with van der Waals surface area (Å²) in [6.07, 6.45) is 0.807. The second-order valence-corrected chi connectivity index (χ2v) is 4.58. The number of phenols is 1. The molecule has 0 spiro atoms. The van der Waals surface area contributed by atoms with Crippen LogP contribution < -0.4 is 5.32 Å². The molecule has 0 aliphatic rings. The number of hydrogen-bond acceptors (Lipinski definition) is 2. The van der Waals surface area contributed by atoms with Gasteiger partial charge in [0.05, 0.1) is 6.42 Å². The van der Waals surface area contributed by atoms with E-state index in [1.54, 1.807) is 30.3 Å². The molecule has 0 aliphatic carbocycles. The van der Waals surface area contributed by atoms with E-state index in [4.69, 9.17) is 0 Å². The highest BCUT2D eigenvalue weighted by Gasteiger charge is 2.04. The Balaban J connectivity index is 1.78. The van der Waals surface area contributed by atoms with Crippen LogP contribution in [0.2, 0.25) is 0 Å². The quantitative estimate of drug-likeness (QED) is 0.879. The lowest BCUT2D eigenvalue weighted by atomic mass is 10.1. The smallest absolute Gasteiger partial charge is 0.224 e. The van der Waals surface area contributed by atoms with Gasteiger partial charge in [-0.1, -0.05) is 24.3 Å². The molecule has 0 radical (unpaired) electrons. The Morgan fingerprint density at radius 1 is 1.10 bits per heavy atom. The minimum Gasteiger partial charge on any atom is -0.508 e. The van der Waals surface area contributed by atoms with Crippen LogP contribution in [0.3, 0.4) is 0 Å². The van der Waals surface area contributed by atoms with Gasteiger partial charge in [0.1, 0.15) is 11.6 Å². The van der Waals surface area contributed by atoms with Crippen molar-refractivity contribution in [2.45, 2.75) is 12.8 Å². The fourth-order valence-corrected chi connectivity index (χ4v) is 1.95. The third-order valence-electron chi connectivity index (χ3n) is 2.90. The zero-order chi connectivity index (χ0) is 14.4. The van der Waals surface area contributed by atoms with Gasteiger partial charge in [0.15, 0.2) is 0 Å². The van der Waals surface area contributed by atoms with Gasteiger partial charge in [-0.25, -0.2) is 4.39 Å². The SMILES string of the molecule is O=C(Cc1cccc(O)c1)NCCc1cccc(F)c1. The number of hydrogen-bond donors (Lipinski definition) is 2. The summed E-state index contributed by atoms with van der Waals surface area (Å²) in [5.41, 5.74) is 1.61. The molecular weight excluding hydrogens is 257 g/mol. The van der Waals surface area contributed by atoms with Crippen molar-refractivity contribution in [3.8, 4) is 5.75 Å². The van der Waals surface area contributed by atoms with Gasteiger partial charge in [0.25, 0.3) is 0 Å². The van der Waals surface area contributed by atoms with Crippen LogP contribution in [0, 0.1) is 5.82 Å². The van der Waals surface area contributed by atoms with Crippen LogP contribution in [0.15, 0.2) is 48.5 Å². The molecule has 2 aromatic rings. The fourth-order valence-electron chi connectivity index (χ4n) is 1.95. The highest BCUT2D eigenvalue weighted by atomic mass is 19.1. The molecule has 104 valence electrons. The normalized spacial score (nSPS) is 10.2. The lowest BCUT2D eigenvalue weighted by Crippen LogP contribution is -2.27. The number of rotatable bonds is 5. The molecule has 3 nitrogen and oxygen atoms in total. The summed E-state index contributed by atoms with van der Waals surface area (Å²) < 4.78 is 13.0. The summed E-state index contributed by atoms with van der Waals surface area (Å²) in [5, 5.41) is 12.1. The molecule has 2 rings (SSSR count). The first kappa shape index (κ1) is 14.1. The second-order valence-electron chi connectivity index (χ2n) is 4.58. The summed E-state index contributed by atoms with van der Waals surface area (Å²) >= 11 is 0. The molecule has 0 heterocycles. The van der Waals surface area contributed by atoms with Crippen molar-refractivity contribution in [3.05, 3.63) is 65.5 Å². The van der Waals surface area contributed by atoms with Gasteiger partial charge >= 0.3 is 0 Å². The van der Waals surface area contributed by atoms with Crippen molar-refractivity contribution >= 4 is 5.91 Å². The fraction of sp³-hybridized carbons (Fsp3) is 0.188. The van der Waals surface area contributed by atoms with E-state index in [9.17, 15) is 14.3 Å². The average molecular weight is 273 g/mol. The van der Waals surface area contributed by atoms with Crippen LogP contribution >= 0.6 is 0 Å². The molecule has 0 saturated carbocycles. The van der Waals surface area contributed by atoms with Crippen molar-refractivity contribution in [2.75, 3.05) is 6.54 Å². The largest absolute Gasteiger partial charge is 0.508 e. The summed E-state index contributed by atoms with van der Waals surface area (Å²) in [4.78, 5) is 11.7. The highest BCUT2D eigenvalue weighted by Crippen LogP contribution is 2.11. The molecule has 0 saturated heterocycles. The molecular formula is C16H16FNO2. The van der Waals surface area contributed by atoms with E-state index in [-0.39, 0.29) is 23.9 Å². The first-order valence-corrected chi connectivity index (χ1v) is 6.42. The number of carbonyl (C=O) groups excluding carboxylic acids is 1. The van der Waals surface area contributed by atoms with Crippen LogP contribution in [-0.2, 0) is 17.6 Å². The van der Waals surface area contributed by atoms with Crippen LogP contribution in [0.1, 0.15) is 11.1 Å². The number of benzene rings is 2. The maximum Gasteiger partial charge on any atom is 0.224 e. The maximum atomic E-state index is 13.0. The summed E-state index contributed by atoms with van der Waals surface area (Å²) in [5.74, 6) is -0.240. The highest BCUT2D eigenvalue weighted by molar-refractivity contribution is 5.78. The van der Waals surface area contributed by atoms with Gasteiger partial charge in [0.2, 0.25) is 5.91 Å². The lowest BCUT2D eigenvalue weighted by Gasteiger charge is -2.06. The van der Waals surface area contributed by atoms with Crippen molar-refractivity contribution in [1.82, 2.24) is 5.32 Å². The van der Waals surface area contributed by atoms with Crippen LogP contribution in [0.25, 0.3) is 0 Å². The van der Waals surface area contributed by atoms with Gasteiger partial charge < -0.3 is 10.4 Å². The average Bonchev–Trinajstić information content (AvgIpc) is 2.38. The zero-order valence-electron chi connectivity index (χ0n) is 11.0. The van der Waals surface area contributed by atoms with E-state index < -0.39 is 0 Å². The maximum absolute atomic E-state index is 13.0. The van der Waals surface area contributed by atoms with E-state index in [0.29, 0.717) is 13.0 Å². The standard InChI is InChI=1S/C16H16FNO2/c17-14-5-1-3-12(9-14)7-8-18-16(20)11-13-4-2-6-15(19)10-13/h1-6,9-10,19H,7-8,11H2,(H,18,20). The predicted octanol–water partition coefficient (Wildman–Crippen LogP) is 2.43. The molecule has 0 fully saturated rings. The Hall–Kier alpha value is -2.36. The molecule has 1 amide bonds. The number of halogens is 1. The van der Waals surface area contributed by atoms with Crippen LogP contribution in [0.4, 0.5) is 4.39 Å². The van der Waals surface area contributed by atoms with Crippen molar-refractivity contribution < 1.29 is 14.3 Å². The molecule has 0 aromatic heterocycles. The van der Waals surface area contributed by atoms with E-state index in [2.05, 4.69) is 5.32 Å². The van der Waals surface area contributed by atoms with Gasteiger partial charge in [-0.15, -0.1) is 0 Å². The topological polar surface area (TPSA) is 49.3 Å². The Bertz CT molecular complexity index is 599. The molecule has 2 N–H and O–H groups in total. The molecule has 4 heteroatoms. The van der Waals surface area contributed by atoms with Crippen molar-refractivity contribution in [3.63, 3.8) is 0 Å². The minimum absolute atomic E-state index is 0.119. The van der Waals surface area contributed by atoms with Crippen LogP contribution in [0.5, 0.6) is 5.75 Å². The number of amides is 1. The predicted molar refractivity (Wildman–Crippen MR) is 74.9 cm³/mol. The summed E-state index contributed by atoms with van der Waals surface area (Å²) in [7, 11) is 0. The van der Waals surface area contributed by atoms with E-state index in [1.807, 2.05) is 6.07 Å². The Kier molecular flexibility index (Phi) is 4.71. The third kappa shape index (κ3) is 4.39. The summed E-state index contributed by atoms with van der Waals surface area (Å²) in [6, 6.07) is 12.9. The monoisotopic (exact) mass is 273 g/mol. The van der Waals surface area contributed by atoms with E-state index >= 15 is 0 Å². The molecule has 0 unspecified atom stereocenters. The third-order valence-corrected chi connectivity index (χ3v) is 2.90. The van der Waals surface area contributed by atoms with Crippen molar-refractivity contribution in [2.24, 2.45) is 0 Å². The Labute approximate surface area is 117 Å². The Morgan fingerprint density at radius 3 is 2.60 bits per heavy atom. The van der Waals surface area contributed by atoms with Crippen molar-refractivity contribution in [1.29, 1.82) is 0 Å². The first-order valence-electron chi connectivity index (χ1n) is 6.42. The van der Waals surface area contributed by atoms with Crippen LogP contribution in [-0.4, -0.2) is 17.6 Å². The molecule has 20 heavy (non-hydrogen) atoms. The van der Waals surface area contributed by atoms with Gasteiger partial charge in [0, 0.05) is 6.54 Å². The molecule has 0 bridgehead atoms. The number of aromatic hydroxyl groups is 1. The second kappa shape index (κ2) is 6.70. The molecule has 2 aromatic carbocycles. The zero-order valence-corrected chi connectivity index (χ0v) is 11.0. The number of carbonyl (C=O) groups is 1. The Morgan fingerprint density at radius 2 is 1.85 bits per heavy atom. The van der Waals surface area contributed by atoms with Gasteiger partial charge in [-0.2, -0.15) is 0 Å². The van der Waals surface area contributed by atoms with E-state index in [1.165, 1.54) is 12.1 Å². The number of phenolic OH excluding ortho intramolecular Hbond substituents is 1.